The van der Waals surface area contributed by atoms with Crippen LogP contribution in [0.2, 0.25) is 5.02 Å². The molecule has 1 heterocycles. The largest absolute Gasteiger partial charge is 0.333 e. The van der Waals surface area contributed by atoms with E-state index in [0.29, 0.717) is 10.2 Å². The first kappa shape index (κ1) is 18.6. The van der Waals surface area contributed by atoms with E-state index in [2.05, 4.69) is 15.3 Å². The van der Waals surface area contributed by atoms with Gasteiger partial charge in [-0.3, -0.25) is 4.79 Å². The van der Waals surface area contributed by atoms with E-state index in [1.165, 1.54) is 11.8 Å². The summed E-state index contributed by atoms with van der Waals surface area (Å²) >= 11 is 7.40. The molecule has 0 aliphatic rings. The molecule has 1 atom stereocenters. The molecule has 0 bridgehead atoms. The first-order valence-electron chi connectivity index (χ1n) is 8.87. The summed E-state index contributed by atoms with van der Waals surface area (Å²) in [5.41, 5.74) is 4.54. The van der Waals surface area contributed by atoms with Crippen molar-refractivity contribution in [2.24, 2.45) is 0 Å². The molecule has 0 radical (unpaired) electrons. The molecule has 140 valence electrons. The SMILES string of the molecule is C[C@H](Sc1nc2ccc(Cl)cc2[nH]1)C(=O)Nc1ccccc1-c1ccccc1. The van der Waals surface area contributed by atoms with E-state index in [4.69, 9.17) is 11.6 Å². The van der Waals surface area contributed by atoms with Gasteiger partial charge in [-0.05, 0) is 36.8 Å². The molecule has 4 rings (SSSR count). The van der Waals surface area contributed by atoms with Gasteiger partial charge < -0.3 is 10.3 Å². The maximum absolute atomic E-state index is 12.8. The average Bonchev–Trinajstić information content (AvgIpc) is 3.10. The van der Waals surface area contributed by atoms with Gasteiger partial charge in [-0.2, -0.15) is 0 Å². The van der Waals surface area contributed by atoms with Crippen molar-refractivity contribution in [2.45, 2.75) is 17.3 Å². The lowest BCUT2D eigenvalue weighted by atomic mass is 10.0. The molecule has 3 aromatic carbocycles. The van der Waals surface area contributed by atoms with Gasteiger partial charge in [0.15, 0.2) is 5.16 Å². The number of rotatable bonds is 5. The van der Waals surface area contributed by atoms with Crippen LogP contribution in [0.4, 0.5) is 5.69 Å². The number of H-pyrrole nitrogens is 1. The van der Waals surface area contributed by atoms with E-state index in [1.807, 2.05) is 73.7 Å². The zero-order valence-corrected chi connectivity index (χ0v) is 16.7. The Bertz CT molecular complexity index is 1130. The quantitative estimate of drug-likeness (QED) is 0.399. The number of hydrogen-bond donors (Lipinski definition) is 2. The molecule has 4 aromatic rings. The number of aromatic nitrogens is 2. The topological polar surface area (TPSA) is 57.8 Å². The number of benzene rings is 3. The van der Waals surface area contributed by atoms with Gasteiger partial charge in [0.1, 0.15) is 0 Å². The van der Waals surface area contributed by atoms with Crippen LogP contribution in [0.5, 0.6) is 0 Å². The van der Waals surface area contributed by atoms with E-state index in [9.17, 15) is 4.79 Å². The fraction of sp³-hybridized carbons (Fsp3) is 0.0909. The Kier molecular flexibility index (Phi) is 5.37. The number of carbonyl (C=O) groups is 1. The Balaban J connectivity index is 1.50. The highest BCUT2D eigenvalue weighted by Crippen LogP contribution is 2.29. The molecule has 0 aliphatic carbocycles. The first-order valence-corrected chi connectivity index (χ1v) is 10.1. The van der Waals surface area contributed by atoms with Crippen LogP contribution >= 0.6 is 23.4 Å². The monoisotopic (exact) mass is 407 g/mol. The minimum atomic E-state index is -0.320. The van der Waals surface area contributed by atoms with E-state index < -0.39 is 0 Å². The van der Waals surface area contributed by atoms with Crippen LogP contribution in [-0.2, 0) is 4.79 Å². The van der Waals surface area contributed by atoms with Gasteiger partial charge in [0.05, 0.1) is 16.3 Å². The van der Waals surface area contributed by atoms with Crippen LogP contribution in [0, 0.1) is 0 Å². The number of amides is 1. The maximum Gasteiger partial charge on any atom is 0.237 e. The average molecular weight is 408 g/mol. The van der Waals surface area contributed by atoms with E-state index in [-0.39, 0.29) is 11.2 Å². The number of hydrogen-bond acceptors (Lipinski definition) is 3. The number of anilines is 1. The zero-order valence-electron chi connectivity index (χ0n) is 15.1. The van der Waals surface area contributed by atoms with Crippen molar-refractivity contribution in [1.29, 1.82) is 0 Å². The summed E-state index contributed by atoms with van der Waals surface area (Å²) in [6.07, 6.45) is 0. The van der Waals surface area contributed by atoms with Crippen molar-refractivity contribution in [2.75, 3.05) is 5.32 Å². The molecule has 28 heavy (non-hydrogen) atoms. The van der Waals surface area contributed by atoms with Gasteiger partial charge in [0, 0.05) is 16.3 Å². The summed E-state index contributed by atoms with van der Waals surface area (Å²) in [6.45, 7) is 1.87. The van der Waals surface area contributed by atoms with Gasteiger partial charge in [-0.25, -0.2) is 4.98 Å². The summed E-state index contributed by atoms with van der Waals surface area (Å²) in [4.78, 5) is 20.5. The van der Waals surface area contributed by atoms with Gasteiger partial charge in [-0.1, -0.05) is 71.9 Å². The normalized spacial score (nSPS) is 12.1. The maximum atomic E-state index is 12.8. The predicted molar refractivity (Wildman–Crippen MR) is 117 cm³/mol. The van der Waals surface area contributed by atoms with Crippen molar-refractivity contribution in [3.63, 3.8) is 0 Å². The number of thioether (sulfide) groups is 1. The van der Waals surface area contributed by atoms with Crippen molar-refractivity contribution in [1.82, 2.24) is 9.97 Å². The van der Waals surface area contributed by atoms with Gasteiger partial charge in [-0.15, -0.1) is 0 Å². The first-order chi connectivity index (χ1) is 13.6. The molecule has 6 heteroatoms. The Hall–Kier alpha value is -2.76. The van der Waals surface area contributed by atoms with Crippen molar-refractivity contribution in [3.8, 4) is 11.1 Å². The zero-order chi connectivity index (χ0) is 19.5. The van der Waals surface area contributed by atoms with E-state index in [0.717, 1.165) is 27.8 Å². The third-order valence-corrected chi connectivity index (χ3v) is 5.57. The third-order valence-electron chi connectivity index (χ3n) is 4.35. The Morgan fingerprint density at radius 1 is 1.07 bits per heavy atom. The number of para-hydroxylation sites is 1. The smallest absolute Gasteiger partial charge is 0.237 e. The number of aromatic amines is 1. The Morgan fingerprint density at radius 3 is 2.64 bits per heavy atom. The molecule has 1 aromatic heterocycles. The van der Waals surface area contributed by atoms with Crippen LogP contribution in [0.25, 0.3) is 22.2 Å². The summed E-state index contributed by atoms with van der Waals surface area (Å²) in [7, 11) is 0. The van der Waals surface area contributed by atoms with Crippen LogP contribution in [0.15, 0.2) is 78.0 Å². The van der Waals surface area contributed by atoms with Crippen LogP contribution in [-0.4, -0.2) is 21.1 Å². The minimum absolute atomic E-state index is 0.0770. The fourth-order valence-corrected chi connectivity index (χ4v) is 3.92. The number of nitrogens with one attached hydrogen (secondary N) is 2. The lowest BCUT2D eigenvalue weighted by molar-refractivity contribution is -0.115. The van der Waals surface area contributed by atoms with Crippen LogP contribution in [0.1, 0.15) is 6.92 Å². The van der Waals surface area contributed by atoms with E-state index >= 15 is 0 Å². The predicted octanol–water partition coefficient (Wildman–Crippen LogP) is 6.00. The second-order valence-electron chi connectivity index (χ2n) is 6.36. The molecular weight excluding hydrogens is 390 g/mol. The molecule has 1 amide bonds. The highest BCUT2D eigenvalue weighted by atomic mass is 35.5. The molecule has 0 spiro atoms. The molecule has 4 nitrogen and oxygen atoms in total. The second kappa shape index (κ2) is 8.09. The Labute approximate surface area is 172 Å². The molecule has 0 saturated heterocycles. The molecule has 0 fully saturated rings. The third kappa shape index (κ3) is 4.06. The standard InChI is InChI=1S/C22H18ClN3OS/c1-14(28-22-25-19-12-11-16(23)13-20(19)26-22)21(27)24-18-10-6-5-9-17(18)15-7-3-2-4-8-15/h2-14H,1H3,(H,24,27)(H,25,26)/t14-/m0/s1. The number of fused-ring (bicyclic) bond motifs is 1. The lowest BCUT2D eigenvalue weighted by Gasteiger charge is -2.14. The lowest BCUT2D eigenvalue weighted by Crippen LogP contribution is -2.22. The van der Waals surface area contributed by atoms with Crippen molar-refractivity contribution >= 4 is 46.0 Å². The highest BCUT2D eigenvalue weighted by molar-refractivity contribution is 8.00. The van der Waals surface area contributed by atoms with Crippen LogP contribution < -0.4 is 5.32 Å². The number of carbonyl (C=O) groups excluding carboxylic acids is 1. The van der Waals surface area contributed by atoms with Gasteiger partial charge in [0.25, 0.3) is 0 Å². The molecule has 0 aliphatic heterocycles. The molecular formula is C22H18ClN3OS. The second-order valence-corrected chi connectivity index (χ2v) is 8.13. The highest BCUT2D eigenvalue weighted by Gasteiger charge is 2.18. The van der Waals surface area contributed by atoms with E-state index in [1.54, 1.807) is 6.07 Å². The van der Waals surface area contributed by atoms with Crippen molar-refractivity contribution < 1.29 is 4.79 Å². The molecule has 2 N–H and O–H groups in total. The summed E-state index contributed by atoms with van der Waals surface area (Å²) < 4.78 is 0. The Morgan fingerprint density at radius 2 is 1.82 bits per heavy atom. The summed E-state index contributed by atoms with van der Waals surface area (Å²) in [5.74, 6) is -0.0770. The minimum Gasteiger partial charge on any atom is -0.333 e. The number of halogens is 1. The number of nitrogens with zero attached hydrogens (tertiary/aromatic N) is 1. The fourth-order valence-electron chi connectivity index (χ4n) is 2.93. The summed E-state index contributed by atoms with van der Waals surface area (Å²) in [5, 5.41) is 4.07. The van der Waals surface area contributed by atoms with Gasteiger partial charge in [0.2, 0.25) is 5.91 Å². The summed E-state index contributed by atoms with van der Waals surface area (Å²) in [6, 6.07) is 23.3. The number of imidazole rings is 1. The van der Waals surface area contributed by atoms with Crippen LogP contribution in [0.3, 0.4) is 0 Å². The van der Waals surface area contributed by atoms with Crippen molar-refractivity contribution in [3.05, 3.63) is 77.8 Å². The molecule has 0 unspecified atom stereocenters. The van der Waals surface area contributed by atoms with Gasteiger partial charge >= 0.3 is 0 Å². The molecule has 0 saturated carbocycles.